The van der Waals surface area contributed by atoms with E-state index in [1.54, 1.807) is 6.07 Å². The molecule has 28 heavy (non-hydrogen) atoms. The monoisotopic (exact) mass is 416 g/mol. The zero-order valence-electron chi connectivity index (χ0n) is 15.9. The van der Waals surface area contributed by atoms with Crippen LogP contribution < -0.4 is 10.1 Å². The first kappa shape index (κ1) is 20.2. The second-order valence-electron chi connectivity index (χ2n) is 6.31. The summed E-state index contributed by atoms with van der Waals surface area (Å²) in [6, 6.07) is 13.1. The van der Waals surface area contributed by atoms with Crippen molar-refractivity contribution in [3.63, 3.8) is 0 Å². The van der Waals surface area contributed by atoms with Gasteiger partial charge in [0.15, 0.2) is 11.0 Å². The fourth-order valence-electron chi connectivity index (χ4n) is 2.54. The molecule has 1 aromatic heterocycles. The number of nitrogens with one attached hydrogen (secondary N) is 1. The van der Waals surface area contributed by atoms with E-state index in [2.05, 4.69) is 15.5 Å². The van der Waals surface area contributed by atoms with E-state index < -0.39 is 0 Å². The number of aromatic nitrogens is 3. The molecule has 0 aliphatic carbocycles. The van der Waals surface area contributed by atoms with Gasteiger partial charge < -0.3 is 14.6 Å². The molecule has 1 N–H and O–H groups in total. The zero-order chi connectivity index (χ0) is 20.1. The van der Waals surface area contributed by atoms with Crippen molar-refractivity contribution in [2.24, 2.45) is 7.05 Å². The van der Waals surface area contributed by atoms with Crippen LogP contribution >= 0.6 is 23.4 Å². The fourth-order valence-corrected chi connectivity index (χ4v) is 3.50. The molecule has 8 heteroatoms. The van der Waals surface area contributed by atoms with E-state index in [1.807, 2.05) is 61.9 Å². The second kappa shape index (κ2) is 9.12. The predicted molar refractivity (Wildman–Crippen MR) is 112 cm³/mol. The summed E-state index contributed by atoms with van der Waals surface area (Å²) < 4.78 is 7.65. The molecule has 6 nitrogen and oxygen atoms in total. The maximum Gasteiger partial charge on any atom is 0.234 e. The maximum absolute atomic E-state index is 12.2. The smallest absolute Gasteiger partial charge is 0.234 e. The maximum atomic E-state index is 12.2. The number of amides is 1. The number of para-hydroxylation sites is 1. The Labute approximate surface area is 173 Å². The highest BCUT2D eigenvalue weighted by Gasteiger charge is 2.13. The molecule has 0 radical (unpaired) electrons. The van der Waals surface area contributed by atoms with E-state index in [0.717, 1.165) is 22.6 Å². The van der Waals surface area contributed by atoms with Crippen LogP contribution in [0.3, 0.4) is 0 Å². The summed E-state index contributed by atoms with van der Waals surface area (Å²) in [6.07, 6.45) is 0. The average molecular weight is 417 g/mol. The summed E-state index contributed by atoms with van der Waals surface area (Å²) in [5.74, 6) is 1.59. The number of halogens is 1. The zero-order valence-corrected chi connectivity index (χ0v) is 17.5. The number of carbonyl (C=O) groups excluding carboxylic acids is 1. The Morgan fingerprint density at radius 3 is 2.71 bits per heavy atom. The van der Waals surface area contributed by atoms with E-state index in [-0.39, 0.29) is 18.3 Å². The van der Waals surface area contributed by atoms with Gasteiger partial charge in [-0.2, -0.15) is 0 Å². The lowest BCUT2D eigenvalue weighted by Crippen LogP contribution is -2.15. The molecule has 0 spiro atoms. The Morgan fingerprint density at radius 2 is 1.96 bits per heavy atom. The number of hydrogen-bond acceptors (Lipinski definition) is 5. The van der Waals surface area contributed by atoms with Crippen LogP contribution in [-0.2, 0) is 18.4 Å². The lowest BCUT2D eigenvalue weighted by atomic mass is 10.2. The van der Waals surface area contributed by atoms with Crippen molar-refractivity contribution in [1.82, 2.24) is 14.8 Å². The van der Waals surface area contributed by atoms with Gasteiger partial charge in [-0.15, -0.1) is 10.2 Å². The fraction of sp³-hybridized carbons (Fsp3) is 0.250. The van der Waals surface area contributed by atoms with Crippen LogP contribution in [0.2, 0.25) is 5.02 Å². The lowest BCUT2D eigenvalue weighted by Gasteiger charge is -2.09. The van der Waals surface area contributed by atoms with Gasteiger partial charge in [-0.1, -0.05) is 41.6 Å². The number of hydrogen-bond donors (Lipinski definition) is 1. The largest absolute Gasteiger partial charge is 0.485 e. The highest BCUT2D eigenvalue weighted by Crippen LogP contribution is 2.23. The van der Waals surface area contributed by atoms with Crippen LogP contribution in [0.5, 0.6) is 5.75 Å². The number of thioether (sulfide) groups is 1. The summed E-state index contributed by atoms with van der Waals surface area (Å²) >= 11 is 7.30. The number of carbonyl (C=O) groups is 1. The first-order valence-electron chi connectivity index (χ1n) is 8.69. The van der Waals surface area contributed by atoms with Crippen molar-refractivity contribution in [3.8, 4) is 5.75 Å². The molecule has 2 aromatic carbocycles. The molecule has 1 amide bonds. The van der Waals surface area contributed by atoms with Gasteiger partial charge in [0.2, 0.25) is 5.91 Å². The minimum Gasteiger partial charge on any atom is -0.485 e. The molecule has 0 aliphatic rings. The van der Waals surface area contributed by atoms with Crippen LogP contribution in [0.1, 0.15) is 17.0 Å². The molecule has 1 heterocycles. The van der Waals surface area contributed by atoms with Crippen molar-refractivity contribution in [1.29, 1.82) is 0 Å². The molecule has 0 bridgehead atoms. The third-order valence-electron chi connectivity index (χ3n) is 4.17. The third kappa shape index (κ3) is 5.05. The Morgan fingerprint density at radius 1 is 1.18 bits per heavy atom. The Bertz CT molecular complexity index is 990. The first-order chi connectivity index (χ1) is 13.4. The van der Waals surface area contributed by atoms with E-state index >= 15 is 0 Å². The highest BCUT2D eigenvalue weighted by atomic mass is 35.5. The van der Waals surface area contributed by atoms with Crippen molar-refractivity contribution < 1.29 is 9.53 Å². The Kier molecular flexibility index (Phi) is 6.59. The van der Waals surface area contributed by atoms with E-state index in [4.69, 9.17) is 16.3 Å². The summed E-state index contributed by atoms with van der Waals surface area (Å²) in [7, 11) is 1.86. The molecule has 0 atom stereocenters. The average Bonchev–Trinajstić information content (AvgIpc) is 3.01. The van der Waals surface area contributed by atoms with Crippen molar-refractivity contribution in [3.05, 3.63) is 64.4 Å². The molecule has 0 fully saturated rings. The van der Waals surface area contributed by atoms with Crippen molar-refractivity contribution in [2.75, 3.05) is 11.1 Å². The quantitative estimate of drug-likeness (QED) is 0.578. The number of nitrogens with zero attached hydrogens (tertiary/aromatic N) is 3. The Hall–Kier alpha value is -2.51. The van der Waals surface area contributed by atoms with Crippen LogP contribution in [0.15, 0.2) is 47.6 Å². The standard InChI is InChI=1S/C20H21ClN4O2S/c1-13-6-4-5-7-16(13)22-19(26)12-28-20-24-23-18(25(20)3)11-27-17-9-8-15(21)10-14(17)2/h4-10H,11-12H2,1-3H3,(H,22,26). The molecule has 0 unspecified atom stereocenters. The van der Waals surface area contributed by atoms with Gasteiger partial charge in [-0.3, -0.25) is 4.79 Å². The summed E-state index contributed by atoms with van der Waals surface area (Å²) in [5, 5.41) is 12.6. The van der Waals surface area contributed by atoms with Gasteiger partial charge in [0, 0.05) is 17.8 Å². The van der Waals surface area contributed by atoms with Crippen LogP contribution in [0, 0.1) is 13.8 Å². The van der Waals surface area contributed by atoms with Gasteiger partial charge in [0.05, 0.1) is 5.75 Å². The predicted octanol–water partition coefficient (Wildman–Crippen LogP) is 4.40. The van der Waals surface area contributed by atoms with Gasteiger partial charge in [-0.05, 0) is 49.2 Å². The SMILES string of the molecule is Cc1ccccc1NC(=O)CSc1nnc(COc2ccc(Cl)cc2C)n1C. The normalized spacial score (nSPS) is 10.7. The first-order valence-corrected chi connectivity index (χ1v) is 10.1. The molecular formula is C20H21ClN4O2S. The topological polar surface area (TPSA) is 69.0 Å². The number of benzene rings is 2. The molecule has 0 saturated heterocycles. The Balaban J connectivity index is 1.55. The second-order valence-corrected chi connectivity index (χ2v) is 7.69. The minimum absolute atomic E-state index is 0.0862. The van der Waals surface area contributed by atoms with E-state index in [9.17, 15) is 4.79 Å². The number of aryl methyl sites for hydroxylation is 2. The van der Waals surface area contributed by atoms with Crippen molar-refractivity contribution in [2.45, 2.75) is 25.6 Å². The molecule has 3 aromatic rings. The molecule has 0 aliphatic heterocycles. The van der Waals surface area contributed by atoms with Crippen LogP contribution in [0.4, 0.5) is 5.69 Å². The lowest BCUT2D eigenvalue weighted by molar-refractivity contribution is -0.113. The van der Waals surface area contributed by atoms with Gasteiger partial charge in [-0.25, -0.2) is 0 Å². The van der Waals surface area contributed by atoms with Crippen molar-refractivity contribution >= 4 is 35.0 Å². The van der Waals surface area contributed by atoms with Crippen LogP contribution in [0.25, 0.3) is 0 Å². The number of ether oxygens (including phenoxy) is 1. The molecule has 0 saturated carbocycles. The summed E-state index contributed by atoms with van der Waals surface area (Å²) in [6.45, 7) is 4.17. The van der Waals surface area contributed by atoms with E-state index in [0.29, 0.717) is 16.0 Å². The van der Waals surface area contributed by atoms with Gasteiger partial charge >= 0.3 is 0 Å². The summed E-state index contributed by atoms with van der Waals surface area (Å²) in [4.78, 5) is 12.2. The van der Waals surface area contributed by atoms with Crippen LogP contribution in [-0.4, -0.2) is 26.4 Å². The highest BCUT2D eigenvalue weighted by molar-refractivity contribution is 7.99. The molecule has 146 valence electrons. The number of anilines is 1. The van der Waals surface area contributed by atoms with E-state index in [1.165, 1.54) is 11.8 Å². The summed E-state index contributed by atoms with van der Waals surface area (Å²) in [5.41, 5.74) is 2.80. The number of rotatable bonds is 7. The third-order valence-corrected chi connectivity index (χ3v) is 5.43. The van der Waals surface area contributed by atoms with Gasteiger partial charge in [0.25, 0.3) is 0 Å². The molecular weight excluding hydrogens is 396 g/mol. The minimum atomic E-state index is -0.0862. The molecule has 3 rings (SSSR count). The van der Waals surface area contributed by atoms with Gasteiger partial charge in [0.1, 0.15) is 12.4 Å².